The molecule has 1 aliphatic rings. The van der Waals surface area contributed by atoms with Crippen molar-refractivity contribution in [3.05, 3.63) is 64.1 Å². The summed E-state index contributed by atoms with van der Waals surface area (Å²) in [5, 5.41) is 8.65. The molecule has 150 valence electrons. The Balaban J connectivity index is 1.76. The van der Waals surface area contributed by atoms with E-state index in [0.29, 0.717) is 28.6 Å². The van der Waals surface area contributed by atoms with Crippen LogP contribution in [0.15, 0.2) is 47.4 Å². The summed E-state index contributed by atoms with van der Waals surface area (Å²) in [5.74, 6) is -0.273. The van der Waals surface area contributed by atoms with Crippen LogP contribution in [0.1, 0.15) is 28.4 Å². The number of carbonyl (C=O) groups excluding carboxylic acids is 2. The lowest BCUT2D eigenvalue weighted by atomic mass is 10.1. The Morgan fingerprint density at radius 2 is 1.83 bits per heavy atom. The zero-order valence-corrected chi connectivity index (χ0v) is 16.7. The number of aromatic carboxylic acids is 1. The maximum absolute atomic E-state index is 12.0. The van der Waals surface area contributed by atoms with Crippen molar-refractivity contribution in [3.8, 4) is 11.5 Å². The molecule has 2 aromatic rings. The standard InChI is InChI=1S/C21H19NO6S/c1-3-27-17-10-14(11-18-19(23)22(2)21(26)29-18)6-9-16(17)28-12-13-4-7-15(8-5-13)20(24)25/h4-11H,3,12H2,1-2H3,(H,24,25). The minimum Gasteiger partial charge on any atom is -0.490 e. The van der Waals surface area contributed by atoms with E-state index in [-0.39, 0.29) is 23.3 Å². The molecule has 0 radical (unpaired) electrons. The van der Waals surface area contributed by atoms with Gasteiger partial charge in [-0.15, -0.1) is 0 Å². The van der Waals surface area contributed by atoms with E-state index in [0.717, 1.165) is 22.2 Å². The highest BCUT2D eigenvalue weighted by Gasteiger charge is 2.31. The lowest BCUT2D eigenvalue weighted by Gasteiger charge is -2.13. The summed E-state index contributed by atoms with van der Waals surface area (Å²) in [5.41, 5.74) is 1.74. The molecule has 1 heterocycles. The number of hydrogen-bond acceptors (Lipinski definition) is 6. The second-order valence-corrected chi connectivity index (χ2v) is 7.16. The zero-order valence-electron chi connectivity index (χ0n) is 15.9. The lowest BCUT2D eigenvalue weighted by Crippen LogP contribution is -2.22. The van der Waals surface area contributed by atoms with Gasteiger partial charge in [-0.05, 0) is 60.2 Å². The molecule has 0 spiro atoms. The minimum atomic E-state index is -0.979. The van der Waals surface area contributed by atoms with Crippen molar-refractivity contribution in [1.29, 1.82) is 0 Å². The minimum absolute atomic E-state index is 0.213. The average Bonchev–Trinajstić information content (AvgIpc) is 2.94. The Bertz CT molecular complexity index is 983. The van der Waals surface area contributed by atoms with E-state index in [2.05, 4.69) is 0 Å². The van der Waals surface area contributed by atoms with Crippen LogP contribution in [0.5, 0.6) is 11.5 Å². The predicted octanol–water partition coefficient (Wildman–Crippen LogP) is 4.03. The van der Waals surface area contributed by atoms with Crippen LogP contribution < -0.4 is 9.47 Å². The number of nitrogens with zero attached hydrogens (tertiary/aromatic N) is 1. The average molecular weight is 413 g/mol. The zero-order chi connectivity index (χ0) is 21.0. The fourth-order valence-electron chi connectivity index (χ4n) is 2.60. The largest absolute Gasteiger partial charge is 0.490 e. The molecule has 1 fully saturated rings. The molecule has 0 aliphatic carbocycles. The Hall–Kier alpha value is -3.26. The maximum atomic E-state index is 12.0. The number of imide groups is 1. The highest BCUT2D eigenvalue weighted by atomic mass is 32.2. The number of likely N-dealkylation sites (N-methyl/N-ethyl adjacent to an activating group) is 1. The number of benzene rings is 2. The first-order valence-electron chi connectivity index (χ1n) is 8.82. The molecule has 1 saturated heterocycles. The second kappa shape index (κ2) is 8.83. The van der Waals surface area contributed by atoms with Crippen molar-refractivity contribution in [3.63, 3.8) is 0 Å². The van der Waals surface area contributed by atoms with Crippen molar-refractivity contribution in [2.24, 2.45) is 0 Å². The number of amides is 2. The van der Waals surface area contributed by atoms with Gasteiger partial charge in [0.15, 0.2) is 11.5 Å². The van der Waals surface area contributed by atoms with E-state index in [4.69, 9.17) is 14.6 Å². The van der Waals surface area contributed by atoms with E-state index < -0.39 is 5.97 Å². The highest BCUT2D eigenvalue weighted by molar-refractivity contribution is 8.18. The number of carboxylic acid groups (broad SMARTS) is 1. The van der Waals surface area contributed by atoms with Crippen LogP contribution in [0.25, 0.3) is 6.08 Å². The quantitative estimate of drug-likeness (QED) is 0.685. The summed E-state index contributed by atoms with van der Waals surface area (Å²) in [6.07, 6.45) is 1.64. The van der Waals surface area contributed by atoms with Crippen LogP contribution in [0.3, 0.4) is 0 Å². The van der Waals surface area contributed by atoms with E-state index in [1.165, 1.54) is 19.2 Å². The fourth-order valence-corrected chi connectivity index (χ4v) is 3.43. The maximum Gasteiger partial charge on any atom is 0.335 e. The molecule has 29 heavy (non-hydrogen) atoms. The van der Waals surface area contributed by atoms with Crippen LogP contribution in [-0.2, 0) is 11.4 Å². The molecule has 0 saturated carbocycles. The van der Waals surface area contributed by atoms with E-state index >= 15 is 0 Å². The Morgan fingerprint density at radius 1 is 1.10 bits per heavy atom. The number of ether oxygens (including phenoxy) is 2. The molecule has 7 nitrogen and oxygen atoms in total. The number of carbonyl (C=O) groups is 3. The van der Waals surface area contributed by atoms with Crippen molar-refractivity contribution in [1.82, 2.24) is 4.90 Å². The fraction of sp³-hybridized carbons (Fsp3) is 0.190. The van der Waals surface area contributed by atoms with Gasteiger partial charge < -0.3 is 14.6 Å². The Labute approximate surface area is 171 Å². The molecule has 3 rings (SSSR count). The molecule has 2 amide bonds. The first-order chi connectivity index (χ1) is 13.9. The third-order valence-electron chi connectivity index (χ3n) is 4.15. The third-order valence-corrected chi connectivity index (χ3v) is 5.11. The van der Waals surface area contributed by atoms with Crippen LogP contribution in [0.4, 0.5) is 4.79 Å². The summed E-state index contributed by atoms with van der Waals surface area (Å²) in [6.45, 7) is 2.52. The molecule has 0 unspecified atom stereocenters. The molecule has 2 aromatic carbocycles. The van der Waals surface area contributed by atoms with Gasteiger partial charge in [0.05, 0.1) is 17.1 Å². The highest BCUT2D eigenvalue weighted by Crippen LogP contribution is 2.34. The van der Waals surface area contributed by atoms with Gasteiger partial charge in [-0.3, -0.25) is 14.5 Å². The number of hydrogen-bond donors (Lipinski definition) is 1. The lowest BCUT2D eigenvalue weighted by molar-refractivity contribution is -0.121. The van der Waals surface area contributed by atoms with Crippen molar-refractivity contribution < 1.29 is 29.0 Å². The second-order valence-electron chi connectivity index (χ2n) is 6.17. The summed E-state index contributed by atoms with van der Waals surface area (Å²) < 4.78 is 11.5. The topological polar surface area (TPSA) is 93.1 Å². The summed E-state index contributed by atoms with van der Waals surface area (Å²) >= 11 is 0.895. The van der Waals surface area contributed by atoms with Crippen LogP contribution in [0.2, 0.25) is 0 Å². The van der Waals surface area contributed by atoms with Gasteiger partial charge >= 0.3 is 5.97 Å². The smallest absolute Gasteiger partial charge is 0.335 e. The molecular formula is C21H19NO6S. The third kappa shape index (κ3) is 4.78. The molecule has 0 aromatic heterocycles. The summed E-state index contributed by atoms with van der Waals surface area (Å²) in [6, 6.07) is 11.7. The van der Waals surface area contributed by atoms with Crippen molar-refractivity contribution >= 4 is 35.0 Å². The molecule has 1 N–H and O–H groups in total. The van der Waals surface area contributed by atoms with Gasteiger partial charge in [-0.1, -0.05) is 18.2 Å². The number of rotatable bonds is 7. The van der Waals surface area contributed by atoms with Gasteiger partial charge in [-0.25, -0.2) is 4.79 Å². The number of carboxylic acids is 1. The van der Waals surface area contributed by atoms with Crippen LogP contribution in [0, 0.1) is 0 Å². The number of thioether (sulfide) groups is 1. The first-order valence-corrected chi connectivity index (χ1v) is 9.64. The monoisotopic (exact) mass is 413 g/mol. The molecule has 0 atom stereocenters. The van der Waals surface area contributed by atoms with Gasteiger partial charge in [0, 0.05) is 7.05 Å². The molecular weight excluding hydrogens is 394 g/mol. The predicted molar refractivity (Wildman–Crippen MR) is 109 cm³/mol. The van der Waals surface area contributed by atoms with Crippen LogP contribution in [-0.4, -0.2) is 40.8 Å². The van der Waals surface area contributed by atoms with Crippen molar-refractivity contribution in [2.75, 3.05) is 13.7 Å². The van der Waals surface area contributed by atoms with Gasteiger partial charge in [0.2, 0.25) is 0 Å². The Kier molecular flexibility index (Phi) is 6.23. The molecule has 0 bridgehead atoms. The molecule has 8 heteroatoms. The van der Waals surface area contributed by atoms with Gasteiger partial charge in [-0.2, -0.15) is 0 Å². The van der Waals surface area contributed by atoms with Crippen LogP contribution >= 0.6 is 11.8 Å². The first kappa shape index (κ1) is 20.5. The normalized spacial score (nSPS) is 15.1. The van der Waals surface area contributed by atoms with E-state index in [1.54, 1.807) is 36.4 Å². The van der Waals surface area contributed by atoms with Crippen molar-refractivity contribution in [2.45, 2.75) is 13.5 Å². The molecule has 1 aliphatic heterocycles. The summed E-state index contributed by atoms with van der Waals surface area (Å²) in [4.78, 5) is 36.0. The van der Waals surface area contributed by atoms with E-state index in [1.807, 2.05) is 6.92 Å². The Morgan fingerprint density at radius 3 is 2.41 bits per heavy atom. The van der Waals surface area contributed by atoms with Gasteiger partial charge in [0.25, 0.3) is 11.1 Å². The SMILES string of the molecule is CCOc1cc(C=C2SC(=O)N(C)C2=O)ccc1OCc1ccc(C(=O)O)cc1. The summed E-state index contributed by atoms with van der Waals surface area (Å²) in [7, 11) is 1.45. The van der Waals surface area contributed by atoms with E-state index in [9.17, 15) is 14.4 Å². The van der Waals surface area contributed by atoms with Gasteiger partial charge in [0.1, 0.15) is 6.61 Å².